The molecule has 7 nitrogen and oxygen atoms in total. The number of sulfonamides is 1. The smallest absolute Gasteiger partial charge is 0.342 e. The third kappa shape index (κ3) is 4.93. The summed E-state index contributed by atoms with van der Waals surface area (Å²) in [5, 5.41) is 0. The van der Waals surface area contributed by atoms with Crippen molar-refractivity contribution >= 4 is 27.5 Å². The molecule has 1 N–H and O–H groups in total. The van der Waals surface area contributed by atoms with Gasteiger partial charge in [0, 0.05) is 11.3 Å². The lowest BCUT2D eigenvalue weighted by Gasteiger charge is -2.12. The standard InChI is InChI=1S/C17H19NO6S/c1-10-9-15(11(2)23-10)17(20)24-12(3)16(19)13-5-7-14(8-6-13)18-25(4,21)22/h5-9,12,18H,1-4H3. The van der Waals surface area contributed by atoms with Crippen LogP contribution in [0.4, 0.5) is 5.69 Å². The van der Waals surface area contributed by atoms with E-state index in [2.05, 4.69) is 4.72 Å². The topological polar surface area (TPSA) is 103 Å². The highest BCUT2D eigenvalue weighted by Crippen LogP contribution is 2.17. The Balaban J connectivity index is 2.06. The number of Topliss-reactive ketones (excluding diaryl/α,β-unsaturated/α-hetero) is 1. The van der Waals surface area contributed by atoms with Crippen LogP contribution in [0.5, 0.6) is 0 Å². The molecule has 8 heteroatoms. The number of nitrogens with one attached hydrogen (secondary N) is 1. The molecule has 2 aromatic rings. The first-order chi connectivity index (χ1) is 11.6. The average molecular weight is 365 g/mol. The maximum Gasteiger partial charge on any atom is 0.342 e. The van der Waals surface area contributed by atoms with Gasteiger partial charge in [0.15, 0.2) is 6.10 Å². The number of hydrogen-bond acceptors (Lipinski definition) is 6. The van der Waals surface area contributed by atoms with Gasteiger partial charge in [-0.3, -0.25) is 9.52 Å². The molecular formula is C17H19NO6S. The second kappa shape index (κ2) is 7.10. The fourth-order valence-electron chi connectivity index (χ4n) is 2.26. The van der Waals surface area contributed by atoms with Crippen molar-refractivity contribution in [3.8, 4) is 0 Å². The van der Waals surface area contributed by atoms with Crippen LogP contribution >= 0.6 is 0 Å². The molecule has 1 aromatic heterocycles. The van der Waals surface area contributed by atoms with E-state index in [0.717, 1.165) is 6.26 Å². The summed E-state index contributed by atoms with van der Waals surface area (Å²) in [6, 6.07) is 7.42. The van der Waals surface area contributed by atoms with E-state index in [-0.39, 0.29) is 5.56 Å². The van der Waals surface area contributed by atoms with Gasteiger partial charge in [-0.2, -0.15) is 0 Å². The third-order valence-corrected chi connectivity index (χ3v) is 3.99. The van der Waals surface area contributed by atoms with E-state index in [4.69, 9.17) is 9.15 Å². The van der Waals surface area contributed by atoms with Crippen LogP contribution in [-0.2, 0) is 14.8 Å². The molecule has 0 bridgehead atoms. The molecule has 0 spiro atoms. The van der Waals surface area contributed by atoms with Crippen LogP contribution in [0.15, 0.2) is 34.7 Å². The average Bonchev–Trinajstić information content (AvgIpc) is 2.84. The fourth-order valence-corrected chi connectivity index (χ4v) is 2.83. The van der Waals surface area contributed by atoms with Crippen LogP contribution in [0.25, 0.3) is 0 Å². The first-order valence-corrected chi connectivity index (χ1v) is 9.36. The molecule has 1 unspecified atom stereocenters. The molecule has 0 fully saturated rings. The Bertz CT molecular complexity index is 896. The number of ether oxygens (including phenoxy) is 1. The molecule has 0 aliphatic carbocycles. The number of furan rings is 1. The summed E-state index contributed by atoms with van der Waals surface area (Å²) >= 11 is 0. The summed E-state index contributed by atoms with van der Waals surface area (Å²) in [7, 11) is -3.39. The lowest BCUT2D eigenvalue weighted by molar-refractivity contribution is 0.0317. The van der Waals surface area contributed by atoms with E-state index in [1.165, 1.54) is 31.2 Å². The van der Waals surface area contributed by atoms with Gasteiger partial charge in [0.1, 0.15) is 17.1 Å². The van der Waals surface area contributed by atoms with Crippen molar-refractivity contribution < 1.29 is 27.2 Å². The third-order valence-electron chi connectivity index (χ3n) is 3.39. The van der Waals surface area contributed by atoms with Crippen molar-refractivity contribution in [3.05, 3.63) is 53.0 Å². The molecule has 1 heterocycles. The van der Waals surface area contributed by atoms with E-state index in [9.17, 15) is 18.0 Å². The van der Waals surface area contributed by atoms with E-state index < -0.39 is 27.9 Å². The SMILES string of the molecule is Cc1cc(C(=O)OC(C)C(=O)c2ccc(NS(C)(=O)=O)cc2)c(C)o1. The van der Waals surface area contributed by atoms with Gasteiger partial charge in [-0.05, 0) is 51.1 Å². The van der Waals surface area contributed by atoms with Gasteiger partial charge in [0.25, 0.3) is 0 Å². The zero-order valence-corrected chi connectivity index (χ0v) is 15.1. The van der Waals surface area contributed by atoms with Crippen molar-refractivity contribution in [1.29, 1.82) is 0 Å². The highest BCUT2D eigenvalue weighted by Gasteiger charge is 2.23. The maximum atomic E-state index is 12.4. The van der Waals surface area contributed by atoms with E-state index in [1.807, 2.05) is 0 Å². The predicted molar refractivity (Wildman–Crippen MR) is 92.3 cm³/mol. The molecule has 2 rings (SSSR count). The van der Waals surface area contributed by atoms with Gasteiger partial charge in [-0.15, -0.1) is 0 Å². The molecule has 1 atom stereocenters. The van der Waals surface area contributed by atoms with Crippen LogP contribution in [0, 0.1) is 13.8 Å². The van der Waals surface area contributed by atoms with E-state index in [0.29, 0.717) is 22.8 Å². The largest absolute Gasteiger partial charge is 0.466 e. The van der Waals surface area contributed by atoms with Crippen LogP contribution in [0.3, 0.4) is 0 Å². The predicted octanol–water partition coefficient (Wildman–Crippen LogP) is 2.70. The Morgan fingerprint density at radius 2 is 1.76 bits per heavy atom. The number of carbonyl (C=O) groups is 2. The van der Waals surface area contributed by atoms with Gasteiger partial charge in [0.05, 0.1) is 6.26 Å². The number of anilines is 1. The summed E-state index contributed by atoms with van der Waals surface area (Å²) in [4.78, 5) is 24.5. The van der Waals surface area contributed by atoms with Crippen LogP contribution in [0.1, 0.15) is 39.2 Å². The van der Waals surface area contributed by atoms with Crippen LogP contribution in [0.2, 0.25) is 0 Å². The normalized spacial score (nSPS) is 12.5. The Labute approximate surface area is 146 Å². The van der Waals surface area contributed by atoms with Gasteiger partial charge >= 0.3 is 5.97 Å². The molecule has 25 heavy (non-hydrogen) atoms. The molecule has 0 saturated carbocycles. The number of esters is 1. The minimum Gasteiger partial charge on any atom is -0.466 e. The molecule has 1 aromatic carbocycles. The molecule has 0 aliphatic heterocycles. The number of aryl methyl sites for hydroxylation is 2. The Hall–Kier alpha value is -2.61. The molecule has 0 amide bonds. The number of benzene rings is 1. The molecule has 0 aliphatic rings. The van der Waals surface area contributed by atoms with Gasteiger partial charge in [-0.1, -0.05) is 0 Å². The molecule has 0 saturated heterocycles. The summed E-state index contributed by atoms with van der Waals surface area (Å²) in [5.41, 5.74) is 0.928. The Morgan fingerprint density at radius 1 is 1.16 bits per heavy atom. The lowest BCUT2D eigenvalue weighted by atomic mass is 10.1. The van der Waals surface area contributed by atoms with Gasteiger partial charge < -0.3 is 9.15 Å². The summed E-state index contributed by atoms with van der Waals surface area (Å²) in [6.07, 6.45) is 0.0449. The number of carbonyl (C=O) groups excluding carboxylic acids is 2. The first-order valence-electron chi connectivity index (χ1n) is 7.47. The Morgan fingerprint density at radius 3 is 2.24 bits per heavy atom. The molecule has 0 radical (unpaired) electrons. The first kappa shape index (κ1) is 18.7. The second-order valence-corrected chi connectivity index (χ2v) is 7.44. The minimum absolute atomic E-state index is 0.282. The monoisotopic (exact) mass is 365 g/mol. The van der Waals surface area contributed by atoms with Crippen LogP contribution in [-0.4, -0.2) is 32.5 Å². The summed E-state index contributed by atoms with van der Waals surface area (Å²) in [5.74, 6) is -0.0153. The highest BCUT2D eigenvalue weighted by molar-refractivity contribution is 7.92. The van der Waals surface area contributed by atoms with Crippen molar-refractivity contribution in [2.75, 3.05) is 11.0 Å². The summed E-state index contributed by atoms with van der Waals surface area (Å²) < 4.78 is 35.1. The number of ketones is 1. The molecule has 134 valence electrons. The summed E-state index contributed by atoms with van der Waals surface area (Å²) in [6.45, 7) is 4.83. The van der Waals surface area contributed by atoms with Gasteiger partial charge in [-0.25, -0.2) is 13.2 Å². The minimum atomic E-state index is -3.39. The lowest BCUT2D eigenvalue weighted by Crippen LogP contribution is -2.24. The highest BCUT2D eigenvalue weighted by atomic mass is 32.2. The second-order valence-electron chi connectivity index (χ2n) is 5.69. The quantitative estimate of drug-likeness (QED) is 0.624. The zero-order chi connectivity index (χ0) is 18.8. The van der Waals surface area contributed by atoms with Crippen molar-refractivity contribution in [1.82, 2.24) is 0 Å². The van der Waals surface area contributed by atoms with E-state index in [1.54, 1.807) is 19.9 Å². The fraction of sp³-hybridized carbons (Fsp3) is 0.294. The Kier molecular flexibility index (Phi) is 5.32. The number of rotatable bonds is 6. The van der Waals surface area contributed by atoms with Crippen molar-refractivity contribution in [2.24, 2.45) is 0 Å². The van der Waals surface area contributed by atoms with Gasteiger partial charge in [0.2, 0.25) is 15.8 Å². The zero-order valence-electron chi connectivity index (χ0n) is 14.3. The van der Waals surface area contributed by atoms with Crippen molar-refractivity contribution in [2.45, 2.75) is 26.9 Å². The van der Waals surface area contributed by atoms with E-state index >= 15 is 0 Å². The number of hydrogen-bond donors (Lipinski definition) is 1. The van der Waals surface area contributed by atoms with Crippen LogP contribution < -0.4 is 4.72 Å². The van der Waals surface area contributed by atoms with Crippen molar-refractivity contribution in [3.63, 3.8) is 0 Å². The molecular weight excluding hydrogens is 346 g/mol. The maximum absolute atomic E-state index is 12.4.